The fourth-order valence-electron chi connectivity index (χ4n) is 3.12. The van der Waals surface area contributed by atoms with E-state index in [4.69, 9.17) is 4.52 Å². The smallest absolute Gasteiger partial charge is 0.273 e. The van der Waals surface area contributed by atoms with Crippen LogP contribution in [0.15, 0.2) is 22.7 Å². The van der Waals surface area contributed by atoms with E-state index in [9.17, 15) is 15.2 Å². The zero-order chi connectivity index (χ0) is 19.6. The third-order valence-corrected chi connectivity index (χ3v) is 4.67. The van der Waals surface area contributed by atoms with E-state index in [0.717, 1.165) is 5.69 Å². The summed E-state index contributed by atoms with van der Waals surface area (Å²) in [4.78, 5) is 18.8. The molecule has 2 atom stereocenters. The number of aryl methyl sites for hydroxylation is 1. The minimum atomic E-state index is -0.785. The lowest BCUT2D eigenvalue weighted by Gasteiger charge is -2.37. The minimum Gasteiger partial charge on any atom is -0.389 e. The fraction of sp³-hybridized carbons (Fsp3) is 0.474. The molecule has 1 aliphatic heterocycles. The summed E-state index contributed by atoms with van der Waals surface area (Å²) in [6.07, 6.45) is -0.255. The van der Waals surface area contributed by atoms with Crippen molar-refractivity contribution in [3.8, 4) is 6.07 Å². The molecule has 8 nitrogen and oxygen atoms in total. The Labute approximate surface area is 157 Å². The highest BCUT2D eigenvalue weighted by Crippen LogP contribution is 2.25. The molecule has 0 unspecified atom stereocenters. The number of nitrogens with one attached hydrogen (secondary N) is 1. The molecule has 142 valence electrons. The van der Waals surface area contributed by atoms with Gasteiger partial charge in [-0.25, -0.2) is 4.98 Å². The van der Waals surface area contributed by atoms with Gasteiger partial charge in [0, 0.05) is 24.8 Å². The summed E-state index contributed by atoms with van der Waals surface area (Å²) >= 11 is 0. The number of pyridine rings is 1. The van der Waals surface area contributed by atoms with Gasteiger partial charge in [-0.05, 0) is 31.4 Å². The lowest BCUT2D eigenvalue weighted by Crippen LogP contribution is -2.54. The summed E-state index contributed by atoms with van der Waals surface area (Å²) < 4.78 is 4.91. The maximum absolute atomic E-state index is 12.2. The maximum Gasteiger partial charge on any atom is 0.273 e. The fourth-order valence-corrected chi connectivity index (χ4v) is 3.12. The van der Waals surface area contributed by atoms with Crippen LogP contribution in [0.4, 0.5) is 5.82 Å². The number of aromatic nitrogens is 2. The summed E-state index contributed by atoms with van der Waals surface area (Å²) in [5, 5.41) is 26.4. The van der Waals surface area contributed by atoms with Crippen LogP contribution < -0.4 is 10.2 Å². The van der Waals surface area contributed by atoms with E-state index in [0.29, 0.717) is 30.1 Å². The molecule has 0 bridgehead atoms. The molecule has 1 aliphatic rings. The van der Waals surface area contributed by atoms with Crippen molar-refractivity contribution in [2.24, 2.45) is 0 Å². The zero-order valence-electron chi connectivity index (χ0n) is 15.6. The van der Waals surface area contributed by atoms with Crippen LogP contribution in [0.2, 0.25) is 0 Å². The highest BCUT2D eigenvalue weighted by atomic mass is 16.5. The monoisotopic (exact) mass is 369 g/mol. The molecule has 0 aliphatic carbocycles. The summed E-state index contributed by atoms with van der Waals surface area (Å²) in [5.41, 5.74) is 1.57. The highest BCUT2D eigenvalue weighted by Gasteiger charge is 2.31. The SMILES string of the molecule is Cc1cc(C(=O)N[C@@H]2CCN(c3nc(C(C)C)ccc3C#N)C[C@H]2O)no1. The number of β-amino-alcohol motifs (C(OH)–C–C–N with tert-alkyl or cyclic N) is 1. The van der Waals surface area contributed by atoms with Crippen molar-refractivity contribution < 1.29 is 14.4 Å². The van der Waals surface area contributed by atoms with E-state index in [1.807, 2.05) is 24.8 Å². The molecular formula is C19H23N5O3. The second kappa shape index (κ2) is 7.76. The van der Waals surface area contributed by atoms with E-state index in [2.05, 4.69) is 21.5 Å². The van der Waals surface area contributed by atoms with Crippen LogP contribution in [0.25, 0.3) is 0 Å². The van der Waals surface area contributed by atoms with Gasteiger partial charge in [-0.3, -0.25) is 4.79 Å². The number of piperidine rings is 1. The van der Waals surface area contributed by atoms with Gasteiger partial charge in [0.25, 0.3) is 5.91 Å². The number of amides is 1. The number of hydrogen-bond acceptors (Lipinski definition) is 7. The third kappa shape index (κ3) is 4.09. The maximum atomic E-state index is 12.2. The Morgan fingerprint density at radius 3 is 2.85 bits per heavy atom. The summed E-state index contributed by atoms with van der Waals surface area (Å²) in [7, 11) is 0. The first-order valence-electron chi connectivity index (χ1n) is 8.97. The Kier molecular flexibility index (Phi) is 5.42. The number of aliphatic hydroxyl groups excluding tert-OH is 1. The van der Waals surface area contributed by atoms with Crippen LogP contribution in [-0.4, -0.2) is 46.4 Å². The minimum absolute atomic E-state index is 0.195. The molecule has 2 N–H and O–H groups in total. The number of rotatable bonds is 4. The number of nitrogens with zero attached hydrogens (tertiary/aromatic N) is 4. The molecule has 1 amide bonds. The standard InChI is InChI=1S/C19H23N5O3/c1-11(2)14-5-4-13(9-20)18(21-14)24-7-6-15(17(25)10-24)22-19(26)16-8-12(3)27-23-16/h4-5,8,11,15,17,25H,6-7,10H2,1-3H3,(H,22,26)/t15-,17-/m1/s1. The van der Waals surface area contributed by atoms with Crippen LogP contribution in [-0.2, 0) is 0 Å². The van der Waals surface area contributed by atoms with E-state index in [-0.39, 0.29) is 24.1 Å². The Morgan fingerprint density at radius 2 is 2.26 bits per heavy atom. The van der Waals surface area contributed by atoms with Crippen LogP contribution in [0.1, 0.15) is 53.7 Å². The molecule has 8 heteroatoms. The van der Waals surface area contributed by atoms with Crippen LogP contribution in [0, 0.1) is 18.3 Å². The van der Waals surface area contributed by atoms with Gasteiger partial charge in [0.2, 0.25) is 0 Å². The van der Waals surface area contributed by atoms with Crippen molar-refractivity contribution in [1.82, 2.24) is 15.5 Å². The van der Waals surface area contributed by atoms with E-state index in [1.54, 1.807) is 19.1 Å². The summed E-state index contributed by atoms with van der Waals surface area (Å²) in [6.45, 7) is 6.65. The quantitative estimate of drug-likeness (QED) is 0.843. The van der Waals surface area contributed by atoms with Gasteiger partial charge in [-0.1, -0.05) is 19.0 Å². The molecule has 0 saturated carbocycles. The van der Waals surface area contributed by atoms with Crippen molar-refractivity contribution in [2.75, 3.05) is 18.0 Å². The van der Waals surface area contributed by atoms with E-state index < -0.39 is 12.1 Å². The number of carbonyl (C=O) groups excluding carboxylic acids is 1. The largest absolute Gasteiger partial charge is 0.389 e. The van der Waals surface area contributed by atoms with Crippen molar-refractivity contribution in [3.63, 3.8) is 0 Å². The van der Waals surface area contributed by atoms with Gasteiger partial charge >= 0.3 is 0 Å². The van der Waals surface area contributed by atoms with Crippen molar-refractivity contribution in [1.29, 1.82) is 5.26 Å². The van der Waals surface area contributed by atoms with Crippen molar-refractivity contribution >= 4 is 11.7 Å². The third-order valence-electron chi connectivity index (χ3n) is 4.67. The van der Waals surface area contributed by atoms with Crippen molar-refractivity contribution in [3.05, 3.63) is 40.9 Å². The molecule has 3 heterocycles. The lowest BCUT2D eigenvalue weighted by atomic mass is 10.0. The van der Waals surface area contributed by atoms with E-state index >= 15 is 0 Å². The molecule has 0 aromatic carbocycles. The molecular weight excluding hydrogens is 346 g/mol. The van der Waals surface area contributed by atoms with Crippen LogP contribution >= 0.6 is 0 Å². The van der Waals surface area contributed by atoms with Crippen molar-refractivity contribution in [2.45, 2.75) is 45.3 Å². The summed E-state index contributed by atoms with van der Waals surface area (Å²) in [6, 6.07) is 6.95. The molecule has 2 aromatic heterocycles. The first-order valence-corrected chi connectivity index (χ1v) is 8.97. The zero-order valence-corrected chi connectivity index (χ0v) is 15.6. The Balaban J connectivity index is 1.71. The predicted molar refractivity (Wildman–Crippen MR) is 98.4 cm³/mol. The molecule has 0 radical (unpaired) electrons. The lowest BCUT2D eigenvalue weighted by molar-refractivity contribution is 0.0790. The van der Waals surface area contributed by atoms with Crippen LogP contribution in [0.5, 0.6) is 0 Å². The first kappa shape index (κ1) is 18.9. The molecule has 3 rings (SSSR count). The first-order chi connectivity index (χ1) is 12.9. The Bertz CT molecular complexity index is 870. The predicted octanol–water partition coefficient (Wildman–Crippen LogP) is 1.74. The van der Waals surface area contributed by atoms with Gasteiger partial charge < -0.3 is 19.8 Å². The number of carbonyl (C=O) groups is 1. The Morgan fingerprint density at radius 1 is 1.48 bits per heavy atom. The normalized spacial score (nSPS) is 19.8. The van der Waals surface area contributed by atoms with Crippen LogP contribution in [0.3, 0.4) is 0 Å². The molecule has 27 heavy (non-hydrogen) atoms. The second-order valence-electron chi connectivity index (χ2n) is 7.08. The van der Waals surface area contributed by atoms with Gasteiger partial charge in [-0.15, -0.1) is 0 Å². The highest BCUT2D eigenvalue weighted by molar-refractivity contribution is 5.92. The Hall–Kier alpha value is -2.92. The molecule has 1 saturated heterocycles. The topological polar surface area (TPSA) is 115 Å². The average Bonchev–Trinajstić information content (AvgIpc) is 3.09. The van der Waals surface area contributed by atoms with Gasteiger partial charge in [0.15, 0.2) is 5.69 Å². The number of anilines is 1. The molecule has 1 fully saturated rings. The number of hydrogen-bond donors (Lipinski definition) is 2. The van der Waals surface area contributed by atoms with E-state index in [1.165, 1.54) is 0 Å². The molecule has 0 spiro atoms. The molecule has 2 aromatic rings. The number of nitriles is 1. The van der Waals surface area contributed by atoms with Gasteiger partial charge in [-0.2, -0.15) is 5.26 Å². The second-order valence-corrected chi connectivity index (χ2v) is 7.08. The summed E-state index contributed by atoms with van der Waals surface area (Å²) in [5.74, 6) is 1.00. The average molecular weight is 369 g/mol. The van der Waals surface area contributed by atoms with Gasteiger partial charge in [0.05, 0.1) is 17.7 Å². The number of aliphatic hydroxyl groups is 1. The van der Waals surface area contributed by atoms with Gasteiger partial charge in [0.1, 0.15) is 17.6 Å².